The van der Waals surface area contributed by atoms with E-state index in [0.717, 1.165) is 103 Å². The predicted octanol–water partition coefficient (Wildman–Crippen LogP) is 15.3. The molecule has 0 aliphatic carbocycles. The Morgan fingerprint density at radius 3 is 1.57 bits per heavy atom. The van der Waals surface area contributed by atoms with Crippen molar-refractivity contribution in [1.29, 1.82) is 0 Å². The molecule has 4 aromatic carbocycles. The molecule has 0 aliphatic heterocycles. The van der Waals surface area contributed by atoms with Crippen LogP contribution in [0.15, 0.2) is 70.6 Å². The van der Waals surface area contributed by atoms with Gasteiger partial charge < -0.3 is 15.1 Å². The van der Waals surface area contributed by atoms with E-state index >= 15 is 0 Å². The second-order valence-electron chi connectivity index (χ2n) is 16.2. The molecule has 0 unspecified atom stereocenters. The maximum Gasteiger partial charge on any atom is 0.158 e. The molecule has 0 saturated carbocycles. The van der Waals surface area contributed by atoms with Crippen LogP contribution in [0.25, 0.3) is 10.8 Å². The van der Waals surface area contributed by atoms with Gasteiger partial charge in [-0.1, -0.05) is 104 Å². The van der Waals surface area contributed by atoms with Crippen LogP contribution >= 0.6 is 0 Å². The molecule has 60 heavy (non-hydrogen) atoms. The minimum absolute atomic E-state index is 0. The number of fused-ring (bicyclic) bond motifs is 1. The summed E-state index contributed by atoms with van der Waals surface area (Å²) in [5.41, 5.74) is 12.0. The Balaban J connectivity index is 0.000000571. The number of phenols is 2. The summed E-state index contributed by atoms with van der Waals surface area (Å²) < 4.78 is 0. The molecule has 2 N–H and O–H groups in total. The van der Waals surface area contributed by atoms with E-state index in [1.54, 1.807) is 12.1 Å². The van der Waals surface area contributed by atoms with Crippen molar-refractivity contribution in [3.05, 3.63) is 88.5 Å². The van der Waals surface area contributed by atoms with Crippen LogP contribution in [0.2, 0.25) is 0 Å². The first-order chi connectivity index (χ1) is 28.6. The van der Waals surface area contributed by atoms with Crippen molar-refractivity contribution >= 4 is 39.3 Å². The Labute approximate surface area is 375 Å². The quantitative estimate of drug-likeness (QED) is 0.0272. The summed E-state index contributed by atoms with van der Waals surface area (Å²) in [6.45, 7) is 18.5. The van der Waals surface area contributed by atoms with Gasteiger partial charge in [0.25, 0.3) is 0 Å². The molecule has 0 saturated heterocycles. The molecule has 330 valence electrons. The Kier molecular flexibility index (Phi) is 25.4. The summed E-state index contributed by atoms with van der Waals surface area (Å²) >= 11 is 0. The third-order valence-corrected chi connectivity index (χ3v) is 11.1. The van der Waals surface area contributed by atoms with Crippen LogP contribution in [-0.4, -0.2) is 35.2 Å². The number of unbranched alkanes of at least 4 members (excludes halogenated alkanes) is 7. The van der Waals surface area contributed by atoms with Gasteiger partial charge in [-0.25, -0.2) is 4.99 Å². The first-order valence-corrected chi connectivity index (χ1v) is 23.2. The molecule has 4 rings (SSSR count). The Morgan fingerprint density at radius 1 is 0.567 bits per heavy atom. The SMILES string of the molecule is CCCC#CC(=Nc1ccc(CCCC)c(CCCC)c1)C(CCCCC)=Nc1ccc(CCCC)c(CCCC)c1.CCN(C)c1ccc(C)c2cc(O)c(O)cc12.[Ni]. The summed E-state index contributed by atoms with van der Waals surface area (Å²) in [5.74, 6) is 6.75. The normalized spacial score (nSPS) is 11.4. The van der Waals surface area contributed by atoms with Crippen molar-refractivity contribution in [1.82, 2.24) is 0 Å². The number of hydrogen-bond donors (Lipinski definition) is 2. The van der Waals surface area contributed by atoms with Crippen molar-refractivity contribution in [2.75, 3.05) is 18.5 Å². The van der Waals surface area contributed by atoms with Gasteiger partial charge in [0, 0.05) is 47.6 Å². The zero-order chi connectivity index (χ0) is 43.0. The minimum Gasteiger partial charge on any atom is -0.504 e. The van der Waals surface area contributed by atoms with Gasteiger partial charge in [-0.2, -0.15) is 0 Å². The molecule has 4 aromatic rings. The third-order valence-electron chi connectivity index (χ3n) is 11.1. The summed E-state index contributed by atoms with van der Waals surface area (Å²) in [6.07, 6.45) is 20.7. The fraction of sp³-hybridized carbons (Fsp3) is 0.519. The van der Waals surface area contributed by atoms with Crippen LogP contribution < -0.4 is 4.90 Å². The van der Waals surface area contributed by atoms with Crippen molar-refractivity contribution < 1.29 is 26.7 Å². The van der Waals surface area contributed by atoms with Gasteiger partial charge >= 0.3 is 0 Å². The largest absolute Gasteiger partial charge is 0.504 e. The van der Waals surface area contributed by atoms with Crippen LogP contribution in [0.4, 0.5) is 17.1 Å². The maximum atomic E-state index is 9.62. The van der Waals surface area contributed by atoms with Gasteiger partial charge in [0.05, 0.1) is 17.1 Å². The van der Waals surface area contributed by atoms with E-state index in [9.17, 15) is 10.2 Å². The minimum atomic E-state index is -0.0751. The maximum absolute atomic E-state index is 9.62. The average Bonchev–Trinajstić information content (AvgIpc) is 3.24. The van der Waals surface area contributed by atoms with E-state index in [1.807, 2.05) is 26.1 Å². The summed E-state index contributed by atoms with van der Waals surface area (Å²) in [5, 5.41) is 21.1. The number of anilines is 1. The zero-order valence-corrected chi connectivity index (χ0v) is 39.7. The number of rotatable bonds is 22. The van der Waals surface area contributed by atoms with E-state index in [-0.39, 0.29) is 28.0 Å². The number of aliphatic imine (C=N–C) groups is 2. The molecule has 0 fully saturated rings. The van der Waals surface area contributed by atoms with Crippen molar-refractivity contribution in [3.8, 4) is 23.3 Å². The topological polar surface area (TPSA) is 68.4 Å². The van der Waals surface area contributed by atoms with Crippen LogP contribution in [0, 0.1) is 18.8 Å². The smallest absolute Gasteiger partial charge is 0.158 e. The number of hydrogen-bond acceptors (Lipinski definition) is 5. The second kappa shape index (κ2) is 29.2. The molecule has 0 radical (unpaired) electrons. The van der Waals surface area contributed by atoms with Crippen LogP contribution in [0.1, 0.15) is 166 Å². The van der Waals surface area contributed by atoms with Crippen LogP contribution in [0.5, 0.6) is 11.5 Å². The van der Waals surface area contributed by atoms with Crippen molar-refractivity contribution in [3.63, 3.8) is 0 Å². The molecule has 6 heteroatoms. The van der Waals surface area contributed by atoms with Gasteiger partial charge in [-0.3, -0.25) is 4.99 Å². The first kappa shape index (κ1) is 52.1. The van der Waals surface area contributed by atoms with E-state index < -0.39 is 0 Å². The van der Waals surface area contributed by atoms with Gasteiger partial charge in [-0.15, -0.1) is 0 Å². The van der Waals surface area contributed by atoms with E-state index in [1.165, 1.54) is 86.5 Å². The molecule has 0 aliphatic rings. The Hall–Kier alpha value is -4.07. The van der Waals surface area contributed by atoms with Crippen molar-refractivity contribution in [2.45, 2.75) is 171 Å². The molecular formula is C54H77N3NiO2. The molecule has 0 atom stereocenters. The van der Waals surface area contributed by atoms with E-state index in [4.69, 9.17) is 9.98 Å². The number of phenolic OH excluding ortho intramolecular Hbond substituents is 2. The van der Waals surface area contributed by atoms with Gasteiger partial charge in [0.1, 0.15) is 5.71 Å². The predicted molar refractivity (Wildman–Crippen MR) is 259 cm³/mol. The van der Waals surface area contributed by atoms with Crippen molar-refractivity contribution in [2.24, 2.45) is 9.98 Å². The average molecular weight is 859 g/mol. The molecule has 0 amide bonds. The van der Waals surface area contributed by atoms with Gasteiger partial charge in [-0.05, 0) is 166 Å². The monoisotopic (exact) mass is 858 g/mol. The van der Waals surface area contributed by atoms with E-state index in [0.29, 0.717) is 0 Å². The summed E-state index contributed by atoms with van der Waals surface area (Å²) in [4.78, 5) is 12.7. The number of benzene rings is 4. The van der Waals surface area contributed by atoms with Crippen LogP contribution in [-0.2, 0) is 42.2 Å². The zero-order valence-electron chi connectivity index (χ0n) is 38.8. The molecule has 0 bridgehead atoms. The number of nitrogens with zero attached hydrogens (tertiary/aromatic N) is 3. The molecule has 0 spiro atoms. The molecular weight excluding hydrogens is 781 g/mol. The Morgan fingerprint density at radius 2 is 1.07 bits per heavy atom. The van der Waals surface area contributed by atoms with Crippen LogP contribution in [0.3, 0.4) is 0 Å². The van der Waals surface area contributed by atoms with Gasteiger partial charge in [0.2, 0.25) is 0 Å². The fourth-order valence-corrected chi connectivity index (χ4v) is 7.28. The Bertz CT molecular complexity index is 2000. The first-order valence-electron chi connectivity index (χ1n) is 23.2. The summed E-state index contributed by atoms with van der Waals surface area (Å²) in [6, 6.07) is 21.1. The molecule has 5 nitrogen and oxygen atoms in total. The van der Waals surface area contributed by atoms with E-state index in [2.05, 4.69) is 102 Å². The third kappa shape index (κ3) is 16.8. The fourth-order valence-electron chi connectivity index (χ4n) is 7.28. The number of aromatic hydroxyl groups is 2. The number of aryl methyl sites for hydroxylation is 5. The van der Waals surface area contributed by atoms with Gasteiger partial charge in [0.15, 0.2) is 11.5 Å². The standard InChI is InChI=1S/C40H60N2.C14H17NO2.Ni/c1-7-13-19-25-39(41-37-29-27-33(21-15-9-3)35(31-37)23-17-11-5)40(26-20-14-8-2)42-38-30-28-34(22-16-10-4)36(32-38)24-18-12-6;1-4-15(3)12-6-5-9(2)10-7-13(16)14(17)8-11(10)12;/h27-32H,7-19,21-25H2,1-6H3;5-8,16-17H,4H2,1-3H3;. The molecule has 0 heterocycles. The molecule has 0 aromatic heterocycles. The summed E-state index contributed by atoms with van der Waals surface area (Å²) in [7, 11) is 2.01. The second-order valence-corrected chi connectivity index (χ2v) is 16.2.